The van der Waals surface area contributed by atoms with Crippen molar-refractivity contribution < 1.29 is 34.0 Å². The molecule has 5 rings (SSSR count). The lowest BCUT2D eigenvalue weighted by atomic mass is 9.43. The number of hydrogen-bond acceptors (Lipinski definition) is 7. The van der Waals surface area contributed by atoms with Crippen molar-refractivity contribution in [3.05, 3.63) is 29.8 Å². The minimum Gasteiger partial charge on any atom is -0.493 e. The minimum absolute atomic E-state index is 0.176. The van der Waals surface area contributed by atoms with Gasteiger partial charge in [-0.15, -0.1) is 0 Å². The number of aliphatic hydroxyl groups is 2. The van der Waals surface area contributed by atoms with Crippen molar-refractivity contribution in [2.75, 3.05) is 19.0 Å². The molecule has 2 N–H and O–H groups in total. The zero-order chi connectivity index (χ0) is 33.1. The van der Waals surface area contributed by atoms with E-state index in [1.807, 2.05) is 0 Å². The highest BCUT2D eigenvalue weighted by Gasteiger charge is 2.62. The molecular weight excluding hydrogens is 648 g/mol. The quantitative estimate of drug-likeness (QED) is 0.0755. The number of unbranched alkanes of at least 4 members (excludes halogenated alkanes) is 1. The lowest BCUT2D eigenvalue weighted by Gasteiger charge is -2.62. The Morgan fingerprint density at radius 1 is 1.02 bits per heavy atom. The molecule has 0 unspecified atom stereocenters. The molecule has 0 saturated heterocycles. The van der Waals surface area contributed by atoms with Gasteiger partial charge in [-0.25, -0.2) is 4.79 Å². The first kappa shape index (κ1) is 35.4. The third-order valence-corrected chi connectivity index (χ3v) is 13.4. The Balaban J connectivity index is 1.15. The number of fused-ring (bicyclic) bond motifs is 5. The predicted molar refractivity (Wildman–Crippen MR) is 183 cm³/mol. The number of esters is 2. The minimum atomic E-state index is -0.392. The van der Waals surface area contributed by atoms with Crippen molar-refractivity contribution in [2.24, 2.45) is 46.3 Å². The van der Waals surface area contributed by atoms with Gasteiger partial charge in [0.15, 0.2) is 11.5 Å². The molecular formula is C38H55BrO7. The topological polar surface area (TPSA) is 102 Å². The molecule has 0 spiro atoms. The third-order valence-electron chi connectivity index (χ3n) is 12.8. The molecule has 0 aromatic heterocycles. The Morgan fingerprint density at radius 2 is 1.78 bits per heavy atom. The van der Waals surface area contributed by atoms with Gasteiger partial charge in [0.05, 0.1) is 25.9 Å². The highest BCUT2D eigenvalue weighted by Crippen LogP contribution is 2.68. The van der Waals surface area contributed by atoms with Crippen LogP contribution in [-0.2, 0) is 14.3 Å². The summed E-state index contributed by atoms with van der Waals surface area (Å²) < 4.78 is 16.5. The summed E-state index contributed by atoms with van der Waals surface area (Å²) in [5.41, 5.74) is 1.15. The van der Waals surface area contributed by atoms with Crippen LogP contribution in [0.4, 0.5) is 0 Å². The van der Waals surface area contributed by atoms with E-state index in [0.29, 0.717) is 60.0 Å². The normalized spacial score (nSPS) is 35.9. The van der Waals surface area contributed by atoms with E-state index in [1.165, 1.54) is 19.6 Å². The SMILES string of the molecule is COc1cc(C=CC(=O)OCCCCBr)ccc1OC(=O)CC[C@@H](C)[C@H]1CC[C@H]2[C@@H]3[C@@H](O)C[C@@H]4C[C@H](O)CC[C@]4(C)[C@H]3CC[C@]12C. The predicted octanol–water partition coefficient (Wildman–Crippen LogP) is 7.74. The molecule has 4 aliphatic rings. The van der Waals surface area contributed by atoms with E-state index < -0.39 is 5.97 Å². The number of carbonyl (C=O) groups is 2. The van der Waals surface area contributed by atoms with E-state index in [9.17, 15) is 19.8 Å². The second-order valence-corrected chi connectivity index (χ2v) is 16.0. The van der Waals surface area contributed by atoms with Crippen LogP contribution < -0.4 is 9.47 Å². The van der Waals surface area contributed by atoms with Gasteiger partial charge in [-0.2, -0.15) is 0 Å². The molecule has 4 aliphatic carbocycles. The van der Waals surface area contributed by atoms with Gasteiger partial charge in [0.1, 0.15) is 0 Å². The first-order chi connectivity index (χ1) is 22.0. The maximum atomic E-state index is 13.0. The molecule has 4 saturated carbocycles. The second-order valence-electron chi connectivity index (χ2n) is 15.2. The molecule has 1 aromatic rings. The molecule has 0 amide bonds. The number of ether oxygens (including phenoxy) is 3. The zero-order valence-corrected chi connectivity index (χ0v) is 29.8. The summed E-state index contributed by atoms with van der Waals surface area (Å²) in [5.74, 6) is 2.86. The molecule has 8 heteroatoms. The molecule has 0 radical (unpaired) electrons. The Morgan fingerprint density at radius 3 is 2.54 bits per heavy atom. The summed E-state index contributed by atoms with van der Waals surface area (Å²) in [7, 11) is 1.54. The first-order valence-electron chi connectivity index (χ1n) is 17.7. The van der Waals surface area contributed by atoms with Crippen LogP contribution in [0.2, 0.25) is 0 Å². The Kier molecular flexibility index (Phi) is 11.6. The van der Waals surface area contributed by atoms with Gasteiger partial charge >= 0.3 is 11.9 Å². The summed E-state index contributed by atoms with van der Waals surface area (Å²) in [6.07, 6.45) is 13.7. The lowest BCUT2D eigenvalue weighted by Crippen LogP contribution is -2.58. The molecule has 46 heavy (non-hydrogen) atoms. The average Bonchev–Trinajstić information content (AvgIpc) is 3.39. The molecule has 0 aliphatic heterocycles. The summed E-state index contributed by atoms with van der Waals surface area (Å²) in [4.78, 5) is 25.0. The highest BCUT2D eigenvalue weighted by atomic mass is 79.9. The van der Waals surface area contributed by atoms with Crippen LogP contribution in [-0.4, -0.2) is 53.4 Å². The van der Waals surface area contributed by atoms with Crippen LogP contribution in [0.15, 0.2) is 24.3 Å². The number of methoxy groups -OCH3 is 1. The van der Waals surface area contributed by atoms with Gasteiger partial charge in [0.25, 0.3) is 0 Å². The molecule has 7 nitrogen and oxygen atoms in total. The van der Waals surface area contributed by atoms with Gasteiger partial charge in [-0.05, 0) is 141 Å². The van der Waals surface area contributed by atoms with Gasteiger partial charge in [0.2, 0.25) is 0 Å². The van der Waals surface area contributed by atoms with Crippen LogP contribution in [0.1, 0.15) is 103 Å². The molecule has 0 heterocycles. The molecule has 0 bridgehead atoms. The number of aliphatic hydroxyl groups excluding tert-OH is 2. The maximum absolute atomic E-state index is 13.0. The van der Waals surface area contributed by atoms with Crippen LogP contribution in [0, 0.1) is 46.3 Å². The number of benzene rings is 1. The van der Waals surface area contributed by atoms with Crippen LogP contribution in [0.25, 0.3) is 6.08 Å². The second kappa shape index (κ2) is 15.1. The summed E-state index contributed by atoms with van der Waals surface area (Å²) in [5, 5.41) is 22.8. The fourth-order valence-corrected chi connectivity index (χ4v) is 10.7. The molecule has 4 fully saturated rings. The Labute approximate surface area is 284 Å². The van der Waals surface area contributed by atoms with Crippen molar-refractivity contribution in [3.8, 4) is 11.5 Å². The third kappa shape index (κ3) is 7.39. The number of halogens is 1. The van der Waals surface area contributed by atoms with Gasteiger partial charge in [-0.3, -0.25) is 4.79 Å². The van der Waals surface area contributed by atoms with E-state index in [4.69, 9.17) is 14.2 Å². The van der Waals surface area contributed by atoms with E-state index in [-0.39, 0.29) is 29.0 Å². The van der Waals surface area contributed by atoms with Crippen LogP contribution in [0.3, 0.4) is 0 Å². The van der Waals surface area contributed by atoms with Crippen molar-refractivity contribution in [2.45, 2.75) is 110 Å². The van der Waals surface area contributed by atoms with Gasteiger partial charge in [-0.1, -0.05) is 42.8 Å². The van der Waals surface area contributed by atoms with E-state index in [0.717, 1.165) is 75.1 Å². The fourth-order valence-electron chi connectivity index (χ4n) is 10.3. The van der Waals surface area contributed by atoms with Crippen molar-refractivity contribution >= 4 is 33.9 Å². The largest absolute Gasteiger partial charge is 0.493 e. The van der Waals surface area contributed by atoms with Gasteiger partial charge in [0, 0.05) is 17.8 Å². The Hall–Kier alpha value is -1.90. The summed E-state index contributed by atoms with van der Waals surface area (Å²) >= 11 is 3.37. The Bertz CT molecular complexity index is 1250. The number of rotatable bonds is 12. The summed E-state index contributed by atoms with van der Waals surface area (Å²) in [6, 6.07) is 5.24. The maximum Gasteiger partial charge on any atom is 0.330 e. The highest BCUT2D eigenvalue weighted by molar-refractivity contribution is 9.09. The molecule has 10 atom stereocenters. The smallest absolute Gasteiger partial charge is 0.330 e. The van der Waals surface area contributed by atoms with Crippen molar-refractivity contribution in [1.82, 2.24) is 0 Å². The number of alkyl halides is 1. The first-order valence-corrected chi connectivity index (χ1v) is 18.8. The molecule has 1 aromatic carbocycles. The average molecular weight is 704 g/mol. The van der Waals surface area contributed by atoms with Crippen molar-refractivity contribution in [3.63, 3.8) is 0 Å². The van der Waals surface area contributed by atoms with E-state index >= 15 is 0 Å². The van der Waals surface area contributed by atoms with Crippen LogP contribution in [0.5, 0.6) is 11.5 Å². The monoisotopic (exact) mass is 702 g/mol. The number of carbonyl (C=O) groups excluding carboxylic acids is 2. The van der Waals surface area contributed by atoms with Gasteiger partial charge < -0.3 is 24.4 Å². The van der Waals surface area contributed by atoms with Crippen molar-refractivity contribution in [1.29, 1.82) is 0 Å². The van der Waals surface area contributed by atoms with E-state index in [1.54, 1.807) is 24.3 Å². The lowest BCUT2D eigenvalue weighted by molar-refractivity contribution is -0.174. The van der Waals surface area contributed by atoms with Crippen LogP contribution >= 0.6 is 15.9 Å². The fraction of sp³-hybridized carbons (Fsp3) is 0.737. The number of hydrogen-bond donors (Lipinski definition) is 2. The van der Waals surface area contributed by atoms with E-state index in [2.05, 4.69) is 36.7 Å². The zero-order valence-electron chi connectivity index (χ0n) is 28.2. The standard InChI is InChI=1S/C38H55BrO7/c1-24(7-13-35(43)46-32-12-8-25(21-33(32)44-4)9-14-34(42)45-20-6-5-19-39)28-10-11-29-36-30(16-18-38(28,29)3)37(2)17-15-27(40)22-26(37)23-31(36)41/h8-9,12,14,21,24,26-31,36,40-41H,5-7,10-11,13,15-20,22-23H2,1-4H3/t24-,26+,27-,28-,29+,30+,31+,36+,37+,38-/m1/s1. The molecule has 256 valence electrons. The summed E-state index contributed by atoms with van der Waals surface area (Å²) in [6.45, 7) is 7.62.